The molecule has 1 N–H and O–H groups in total. The van der Waals surface area contributed by atoms with Gasteiger partial charge in [0.2, 0.25) is 0 Å². The molecule has 0 spiro atoms. The quantitative estimate of drug-likeness (QED) is 0.558. The van der Waals surface area contributed by atoms with Crippen molar-refractivity contribution in [2.75, 3.05) is 19.5 Å². The third-order valence-electron chi connectivity index (χ3n) is 6.48. The summed E-state index contributed by atoms with van der Waals surface area (Å²) in [6, 6.07) is 18.4. The van der Waals surface area contributed by atoms with Crippen molar-refractivity contribution in [2.45, 2.75) is 32.7 Å². The maximum Gasteiger partial charge on any atom is 0.162 e. The number of anilines is 1. The number of rotatable bonds is 3. The van der Waals surface area contributed by atoms with Crippen molar-refractivity contribution in [3.63, 3.8) is 0 Å². The van der Waals surface area contributed by atoms with E-state index in [1.807, 2.05) is 18.2 Å². The maximum absolute atomic E-state index is 13.5. The molecule has 0 saturated carbocycles. The van der Waals surface area contributed by atoms with Crippen molar-refractivity contribution in [1.82, 2.24) is 0 Å². The highest BCUT2D eigenvalue weighted by Gasteiger charge is 2.40. The number of carbonyl (C=O) groups excluding carboxylic acids is 1. The minimum absolute atomic E-state index is 0.0659. The molecule has 1 aliphatic heterocycles. The predicted molar refractivity (Wildman–Crippen MR) is 125 cm³/mol. The lowest BCUT2D eigenvalue weighted by atomic mass is 9.68. The van der Waals surface area contributed by atoms with Gasteiger partial charge in [0.25, 0.3) is 0 Å². The molecule has 1 heterocycles. The lowest BCUT2D eigenvalue weighted by Gasteiger charge is -2.40. The SMILES string of the molecule is COc1ccc([C@@H]2Nc3ccc4ccccc4c3C3=C2C(=O)CC(C)(C)C3)cc1OC. The number of Topliss-reactive ketones (excluding diaryl/α,β-unsaturated/α-hetero) is 1. The molecule has 0 fully saturated rings. The van der Waals surface area contributed by atoms with Crippen LogP contribution in [0.3, 0.4) is 0 Å². The van der Waals surface area contributed by atoms with Gasteiger partial charge in [-0.15, -0.1) is 0 Å². The molecule has 0 aromatic heterocycles. The smallest absolute Gasteiger partial charge is 0.162 e. The van der Waals surface area contributed by atoms with Crippen LogP contribution in [0.5, 0.6) is 11.5 Å². The third-order valence-corrected chi connectivity index (χ3v) is 6.48. The second-order valence-corrected chi connectivity index (χ2v) is 9.23. The number of ketones is 1. The first-order valence-corrected chi connectivity index (χ1v) is 10.7. The minimum Gasteiger partial charge on any atom is -0.493 e. The highest BCUT2D eigenvalue weighted by atomic mass is 16.5. The van der Waals surface area contributed by atoms with Crippen LogP contribution in [0.25, 0.3) is 16.3 Å². The van der Waals surface area contributed by atoms with Crippen LogP contribution in [0.4, 0.5) is 5.69 Å². The molecule has 31 heavy (non-hydrogen) atoms. The van der Waals surface area contributed by atoms with Crippen LogP contribution < -0.4 is 14.8 Å². The van der Waals surface area contributed by atoms with Crippen molar-refractivity contribution >= 4 is 27.8 Å². The topological polar surface area (TPSA) is 47.6 Å². The predicted octanol–water partition coefficient (Wildman–Crippen LogP) is 6.17. The van der Waals surface area contributed by atoms with Crippen LogP contribution in [-0.4, -0.2) is 20.0 Å². The Bertz CT molecular complexity index is 1240. The number of hydrogen-bond acceptors (Lipinski definition) is 4. The highest BCUT2D eigenvalue weighted by Crippen LogP contribution is 2.52. The average molecular weight is 414 g/mol. The van der Waals surface area contributed by atoms with Crippen molar-refractivity contribution in [3.8, 4) is 11.5 Å². The number of benzene rings is 3. The Labute approximate surface area is 182 Å². The second-order valence-electron chi connectivity index (χ2n) is 9.23. The lowest BCUT2D eigenvalue weighted by Crippen LogP contribution is -2.33. The normalized spacial score (nSPS) is 19.5. The fraction of sp³-hybridized carbons (Fsp3) is 0.296. The number of nitrogens with one attached hydrogen (secondary N) is 1. The largest absolute Gasteiger partial charge is 0.493 e. The molecule has 3 aromatic carbocycles. The van der Waals surface area contributed by atoms with Gasteiger partial charge in [0, 0.05) is 23.2 Å². The minimum atomic E-state index is -0.216. The number of fused-ring (bicyclic) bond motifs is 4. The first-order valence-electron chi connectivity index (χ1n) is 10.7. The second kappa shape index (κ2) is 7.16. The van der Waals surface area contributed by atoms with Crippen LogP contribution in [-0.2, 0) is 4.79 Å². The van der Waals surface area contributed by atoms with Crippen LogP contribution in [0, 0.1) is 5.41 Å². The Morgan fingerprint density at radius 3 is 2.48 bits per heavy atom. The van der Waals surface area contributed by atoms with Gasteiger partial charge in [-0.25, -0.2) is 0 Å². The average Bonchev–Trinajstić information content (AvgIpc) is 2.76. The first-order chi connectivity index (χ1) is 14.9. The van der Waals surface area contributed by atoms with Gasteiger partial charge in [0.15, 0.2) is 17.3 Å². The number of allylic oxidation sites excluding steroid dienone is 1. The van der Waals surface area contributed by atoms with Gasteiger partial charge >= 0.3 is 0 Å². The van der Waals surface area contributed by atoms with Crippen molar-refractivity contribution in [1.29, 1.82) is 0 Å². The fourth-order valence-electron chi connectivity index (χ4n) is 5.12. The van der Waals surface area contributed by atoms with E-state index in [2.05, 4.69) is 55.6 Å². The summed E-state index contributed by atoms with van der Waals surface area (Å²) >= 11 is 0. The Morgan fingerprint density at radius 1 is 0.935 bits per heavy atom. The van der Waals surface area contributed by atoms with Crippen molar-refractivity contribution < 1.29 is 14.3 Å². The molecule has 158 valence electrons. The summed E-state index contributed by atoms with van der Waals surface area (Å²) in [5.41, 5.74) is 5.23. The fourth-order valence-corrected chi connectivity index (χ4v) is 5.12. The molecule has 4 nitrogen and oxygen atoms in total. The zero-order chi connectivity index (χ0) is 21.8. The van der Waals surface area contributed by atoms with E-state index in [0.29, 0.717) is 17.9 Å². The molecule has 3 aromatic rings. The molecule has 1 atom stereocenters. The highest BCUT2D eigenvalue weighted by molar-refractivity contribution is 6.12. The van der Waals surface area contributed by atoms with Crippen molar-refractivity contribution in [2.24, 2.45) is 5.41 Å². The molecule has 1 aliphatic carbocycles. The van der Waals surface area contributed by atoms with E-state index in [1.165, 1.54) is 21.9 Å². The molecule has 4 heteroatoms. The molecular weight excluding hydrogens is 386 g/mol. The summed E-state index contributed by atoms with van der Waals surface area (Å²) in [4.78, 5) is 13.5. The molecule has 0 amide bonds. The summed E-state index contributed by atoms with van der Waals surface area (Å²) < 4.78 is 11.0. The molecule has 5 rings (SSSR count). The maximum atomic E-state index is 13.5. The zero-order valence-corrected chi connectivity index (χ0v) is 18.4. The Hall–Kier alpha value is -3.27. The van der Waals surface area contributed by atoms with Gasteiger partial charge in [0.1, 0.15) is 0 Å². The van der Waals surface area contributed by atoms with E-state index in [0.717, 1.165) is 23.2 Å². The van der Waals surface area contributed by atoms with Crippen LogP contribution in [0.1, 0.15) is 43.9 Å². The summed E-state index contributed by atoms with van der Waals surface area (Å²) in [5.74, 6) is 1.56. The number of ether oxygens (including phenoxy) is 2. The van der Waals surface area contributed by atoms with E-state index in [9.17, 15) is 4.79 Å². The number of methoxy groups -OCH3 is 2. The van der Waals surface area contributed by atoms with Gasteiger partial charge in [-0.3, -0.25) is 4.79 Å². The van der Waals surface area contributed by atoms with Gasteiger partial charge in [-0.1, -0.05) is 50.2 Å². The standard InChI is InChI=1S/C27H27NO3/c1-27(2)14-19-24-18-8-6-5-7-16(18)9-11-20(24)28-26(25(19)21(29)15-27)17-10-12-22(30-3)23(13-17)31-4/h5-13,26,28H,14-15H2,1-4H3/t26-/m0/s1. The van der Waals surface area contributed by atoms with Gasteiger partial charge in [-0.2, -0.15) is 0 Å². The van der Waals surface area contributed by atoms with E-state index >= 15 is 0 Å². The summed E-state index contributed by atoms with van der Waals surface area (Å²) in [6.07, 6.45) is 1.43. The van der Waals surface area contributed by atoms with Crippen LogP contribution >= 0.6 is 0 Å². The van der Waals surface area contributed by atoms with E-state index in [4.69, 9.17) is 9.47 Å². The van der Waals surface area contributed by atoms with Gasteiger partial charge in [0.05, 0.1) is 20.3 Å². The van der Waals surface area contributed by atoms with Crippen molar-refractivity contribution in [3.05, 3.63) is 71.3 Å². The zero-order valence-electron chi connectivity index (χ0n) is 18.4. The molecule has 0 saturated heterocycles. The molecule has 2 aliphatic rings. The Balaban J connectivity index is 1.76. The summed E-state index contributed by atoms with van der Waals surface area (Å²) in [5, 5.41) is 6.06. The number of carbonyl (C=O) groups is 1. The van der Waals surface area contributed by atoms with E-state index in [1.54, 1.807) is 14.2 Å². The summed E-state index contributed by atoms with van der Waals surface area (Å²) in [7, 11) is 3.27. The molecule has 0 bridgehead atoms. The Morgan fingerprint density at radius 2 is 1.71 bits per heavy atom. The van der Waals surface area contributed by atoms with Gasteiger partial charge < -0.3 is 14.8 Å². The lowest BCUT2D eigenvalue weighted by molar-refractivity contribution is -0.118. The van der Waals surface area contributed by atoms with E-state index < -0.39 is 0 Å². The molecule has 0 radical (unpaired) electrons. The van der Waals surface area contributed by atoms with Crippen LogP contribution in [0.15, 0.2) is 60.2 Å². The van der Waals surface area contributed by atoms with E-state index in [-0.39, 0.29) is 17.2 Å². The molecule has 0 unspecified atom stereocenters. The first kappa shape index (κ1) is 19.7. The monoisotopic (exact) mass is 413 g/mol. The van der Waals surface area contributed by atoms with Crippen LogP contribution in [0.2, 0.25) is 0 Å². The Kier molecular flexibility index (Phi) is 4.54. The number of hydrogen-bond donors (Lipinski definition) is 1. The van der Waals surface area contributed by atoms with Gasteiger partial charge in [-0.05, 0) is 51.9 Å². The summed E-state index contributed by atoms with van der Waals surface area (Å²) in [6.45, 7) is 4.37. The molecular formula is C27H27NO3. The third kappa shape index (κ3) is 3.18.